The molecule has 1 unspecified atom stereocenters. The van der Waals surface area contributed by atoms with Crippen LogP contribution < -0.4 is 25.2 Å². The van der Waals surface area contributed by atoms with E-state index in [0.29, 0.717) is 49.3 Å². The van der Waals surface area contributed by atoms with Crippen molar-refractivity contribution in [1.29, 1.82) is 5.26 Å². The number of methoxy groups -OCH3 is 1. The van der Waals surface area contributed by atoms with Gasteiger partial charge in [-0.3, -0.25) is 33.8 Å². The Hall–Kier alpha value is -8.91. The molecule has 26 nitrogen and oxygen atoms in total. The highest BCUT2D eigenvalue weighted by Crippen LogP contribution is 2.53. The molecule has 5 heterocycles. The molecule has 4 aromatic rings. The first-order valence-electron chi connectivity index (χ1n) is 31.0. The number of esters is 4. The average Bonchev–Trinajstić information content (AvgIpc) is 1.16. The number of pyridine rings is 1. The molecule has 29 heteroatoms. The summed E-state index contributed by atoms with van der Waals surface area (Å²) in [5, 5.41) is 23.7. The van der Waals surface area contributed by atoms with E-state index in [1.54, 1.807) is 77.7 Å². The van der Waals surface area contributed by atoms with Crippen molar-refractivity contribution in [2.75, 3.05) is 49.6 Å². The topological polar surface area (TPSA) is 308 Å². The normalized spacial score (nSPS) is 23.5. The molecule has 8 rings (SSSR count). The number of benzene rings is 2. The van der Waals surface area contributed by atoms with Crippen LogP contribution in [0.2, 0.25) is 0 Å². The van der Waals surface area contributed by atoms with E-state index in [-0.39, 0.29) is 95.1 Å². The molecule has 2 aromatic carbocycles. The van der Waals surface area contributed by atoms with E-state index in [9.17, 15) is 38.8 Å². The predicted octanol–water partition coefficient (Wildman–Crippen LogP) is 8.03. The molecule has 3 aliphatic heterocycles. The summed E-state index contributed by atoms with van der Waals surface area (Å²) < 4.78 is 94.4. The Morgan fingerprint density at radius 1 is 0.840 bits per heavy atom. The molecule has 508 valence electrons. The lowest BCUT2D eigenvalue weighted by atomic mass is 9.58. The lowest BCUT2D eigenvalue weighted by Crippen LogP contribution is -2.64. The summed E-state index contributed by atoms with van der Waals surface area (Å²) in [6.07, 6.45) is -11.6. The summed E-state index contributed by atoms with van der Waals surface area (Å²) >= 11 is 0. The van der Waals surface area contributed by atoms with E-state index in [4.69, 9.17) is 42.9 Å². The number of alkyl carbamates (subject to hydrolysis) is 1. The summed E-state index contributed by atoms with van der Waals surface area (Å²) in [6, 6.07) is 12.4. The number of alkyl halides is 3. The zero-order valence-corrected chi connectivity index (χ0v) is 55.1. The van der Waals surface area contributed by atoms with Gasteiger partial charge in [0, 0.05) is 70.1 Å². The van der Waals surface area contributed by atoms with Crippen LogP contribution in [-0.4, -0.2) is 154 Å². The number of hydrogen-bond donors (Lipinski definition) is 2. The summed E-state index contributed by atoms with van der Waals surface area (Å²) in [5.41, 5.74) is -3.11. The molecule has 0 bridgehead atoms. The highest BCUT2D eigenvalue weighted by Gasteiger charge is 2.56. The number of carbonyl (C=O) groups excluding carboxylic acids is 8. The largest absolute Gasteiger partial charge is 0.467 e. The molecule has 1 aliphatic carbocycles. The highest BCUT2D eigenvalue weighted by molar-refractivity contribution is 6.10. The lowest BCUT2D eigenvalue weighted by Gasteiger charge is -2.46. The fourth-order valence-corrected chi connectivity index (χ4v) is 13.0. The number of nitrogens with zero attached hydrogens (tertiary/aromatic N) is 8. The number of halogens is 3. The van der Waals surface area contributed by atoms with Gasteiger partial charge in [-0.15, -0.1) is 10.2 Å². The van der Waals surface area contributed by atoms with Gasteiger partial charge in [0.2, 0.25) is 12.4 Å². The number of nitriles is 1. The van der Waals surface area contributed by atoms with Crippen molar-refractivity contribution in [1.82, 2.24) is 30.4 Å². The van der Waals surface area contributed by atoms with Crippen LogP contribution in [-0.2, 0) is 90.6 Å². The average molecular weight is 1320 g/mol. The number of quaternary nitrogens is 1. The second-order valence-corrected chi connectivity index (χ2v) is 26.6. The number of amides is 4. The number of rotatable bonds is 20. The maximum Gasteiger partial charge on any atom is 0.416 e. The van der Waals surface area contributed by atoms with E-state index in [1.165, 1.54) is 23.1 Å². The minimum absolute atomic E-state index is 0.00250. The third-order valence-electron chi connectivity index (χ3n) is 16.4. The van der Waals surface area contributed by atoms with Crippen LogP contribution in [0, 0.1) is 23.2 Å². The van der Waals surface area contributed by atoms with Crippen molar-refractivity contribution in [2.24, 2.45) is 18.9 Å². The van der Waals surface area contributed by atoms with Gasteiger partial charge in [-0.2, -0.15) is 18.4 Å². The maximum absolute atomic E-state index is 15.8. The summed E-state index contributed by atoms with van der Waals surface area (Å²) in [7, 11) is 2.80. The molecule has 4 aliphatic rings. The van der Waals surface area contributed by atoms with Crippen LogP contribution in [0.1, 0.15) is 163 Å². The first-order chi connectivity index (χ1) is 44.0. The smallest absolute Gasteiger partial charge is 0.416 e. The van der Waals surface area contributed by atoms with Crippen LogP contribution in [0.15, 0.2) is 48.8 Å². The maximum atomic E-state index is 15.8. The zero-order chi connectivity index (χ0) is 69.0. The number of carbonyl (C=O) groups is 8. The van der Waals surface area contributed by atoms with Crippen molar-refractivity contribution in [3.63, 3.8) is 0 Å². The van der Waals surface area contributed by atoms with Gasteiger partial charge in [0.25, 0.3) is 11.8 Å². The third kappa shape index (κ3) is 16.7. The number of anilines is 2. The molecular weight excluding hydrogens is 1230 g/mol. The van der Waals surface area contributed by atoms with Crippen LogP contribution in [0.4, 0.5) is 34.4 Å². The van der Waals surface area contributed by atoms with Gasteiger partial charge in [-0.25, -0.2) is 19.4 Å². The van der Waals surface area contributed by atoms with Gasteiger partial charge < -0.3 is 57.6 Å². The van der Waals surface area contributed by atoms with Gasteiger partial charge in [0.15, 0.2) is 18.3 Å². The number of fused-ring (bicyclic) bond motifs is 1. The molecule has 4 amide bonds. The zero-order valence-electron chi connectivity index (χ0n) is 55.1. The first kappa shape index (κ1) is 70.9. The molecule has 2 N–H and O–H groups in total. The van der Waals surface area contributed by atoms with Crippen molar-refractivity contribution in [3.8, 4) is 11.8 Å². The number of piperidine rings is 1. The van der Waals surface area contributed by atoms with Crippen LogP contribution >= 0.6 is 0 Å². The first-order valence-corrected chi connectivity index (χ1v) is 31.0. The molecule has 2 aromatic heterocycles. The minimum Gasteiger partial charge on any atom is -0.467 e. The lowest BCUT2D eigenvalue weighted by molar-refractivity contribution is -0.960. The van der Waals surface area contributed by atoms with E-state index in [1.807, 2.05) is 6.92 Å². The number of aryl methyl sites for hydroxylation is 1. The number of likely N-dealkylation sites (tertiary alicyclic amines) is 1. The molecule has 7 atom stereocenters. The molecule has 0 spiro atoms. The Kier molecular flexibility index (Phi) is 21.4. The Morgan fingerprint density at radius 3 is 2.09 bits per heavy atom. The van der Waals surface area contributed by atoms with Gasteiger partial charge in [0.05, 0.1) is 55.8 Å². The van der Waals surface area contributed by atoms with E-state index >= 15 is 18.0 Å². The Labute approximate surface area is 542 Å². The predicted molar refractivity (Wildman–Crippen MR) is 327 cm³/mol. The van der Waals surface area contributed by atoms with Crippen molar-refractivity contribution >= 4 is 59.5 Å². The number of hydrogen-bond acceptors (Lipinski definition) is 20. The van der Waals surface area contributed by atoms with Gasteiger partial charge >= 0.3 is 42.2 Å². The summed E-state index contributed by atoms with van der Waals surface area (Å²) in [5.74, 6) is -4.97. The summed E-state index contributed by atoms with van der Waals surface area (Å²) in [6.45, 7) is 17.2. The summed E-state index contributed by atoms with van der Waals surface area (Å²) in [4.78, 5) is 115. The Bertz CT molecular complexity index is 3590. The standard InChI is InChI=1S/C65H81F3N10O16/c1-36-16-14-23-78(32-36,33-41-17-18-48(45(24-41)55(82)70-20-21-71-60(85)93-62(6,7)8)91-58-54(90-40(5)81)52(89-39(4)80)51(88-38(3)79)53(92-58)57(84)87-13)34-42-25-44-46(47(26-42)65(66,67)68)31-77(56(44)83)50-28-43(64(29-37(2)30-64)59-74-72-35-75(59)12)27-49(73-50)76(22-15-19-69)61(86)94-63(9,10)11/h17-18,24-28,35-37,51-54,58H,14-16,20-23,29-34H2,1-13H3,(H-,70,71,82,85)/p+1/t36-,37-,51-,52-,53-,54+,58+,64+,78?/m0/s1. The number of nitrogens with one attached hydrogen (secondary N) is 2. The monoisotopic (exact) mass is 1320 g/mol. The van der Waals surface area contributed by atoms with E-state index < -0.39 is 113 Å². The third-order valence-corrected chi connectivity index (χ3v) is 16.4. The molecule has 0 radical (unpaired) electrons. The SMILES string of the molecule is COC(=O)[C@H]1O[C@@H](Oc2ccc(C[N+]3(Cc4cc5c(c(C(F)(F)F)c4)CN(c4cc([C@]6(c7nncn7C)C[C@@H](C)C6)cc(N(CCC#N)C(=O)OC(C)(C)C)n4)C5=O)CCC[C@H](C)C3)cc2C(=O)NCCNC(=O)OC(C)(C)C)[C@H](OC(C)=O)[C@@H](OC(C)=O)[C@@H]1OC(C)=O. The number of aromatic nitrogens is 4. The molecule has 3 fully saturated rings. The van der Waals surface area contributed by atoms with E-state index in [0.717, 1.165) is 45.3 Å². The van der Waals surface area contributed by atoms with Crippen molar-refractivity contribution < 1.29 is 93.9 Å². The highest BCUT2D eigenvalue weighted by atomic mass is 19.4. The number of ether oxygens (including phenoxy) is 8. The second-order valence-electron chi connectivity index (χ2n) is 26.6. The van der Waals surface area contributed by atoms with Gasteiger partial charge in [-0.1, -0.05) is 13.8 Å². The minimum atomic E-state index is -4.97. The van der Waals surface area contributed by atoms with Crippen LogP contribution in [0.5, 0.6) is 5.75 Å². The fourth-order valence-electron chi connectivity index (χ4n) is 13.0. The van der Waals surface area contributed by atoms with Gasteiger partial charge in [-0.05, 0) is 127 Å². The van der Waals surface area contributed by atoms with Crippen molar-refractivity contribution in [3.05, 3.63) is 93.6 Å². The van der Waals surface area contributed by atoms with Gasteiger partial charge in [0.1, 0.15) is 53.8 Å². The molecule has 1 saturated carbocycles. The Balaban J connectivity index is 1.19. The quantitative estimate of drug-likeness (QED) is 0.0366. The second kappa shape index (κ2) is 28.4. The Morgan fingerprint density at radius 2 is 1.49 bits per heavy atom. The molecule has 2 saturated heterocycles. The van der Waals surface area contributed by atoms with Crippen LogP contribution in [0.3, 0.4) is 0 Å². The fraction of sp³-hybridized carbons (Fsp3) is 0.569. The molecular formula is C65H82F3N10O16+. The van der Waals surface area contributed by atoms with E-state index in [2.05, 4.69) is 33.8 Å². The van der Waals surface area contributed by atoms with Crippen molar-refractivity contribution in [2.45, 2.75) is 181 Å². The van der Waals surface area contributed by atoms with Crippen LogP contribution in [0.25, 0.3) is 0 Å². The molecule has 94 heavy (non-hydrogen) atoms.